The Bertz CT molecular complexity index is 476. The maximum atomic E-state index is 12.4. The Kier molecular flexibility index (Phi) is 3.62. The van der Waals surface area contributed by atoms with E-state index in [1.165, 1.54) is 6.20 Å². The molecule has 19 heavy (non-hydrogen) atoms. The monoisotopic (exact) mass is 285 g/mol. The maximum Gasteiger partial charge on any atom is 0.328 e. The van der Waals surface area contributed by atoms with Crippen molar-refractivity contribution in [3.63, 3.8) is 0 Å². The summed E-state index contributed by atoms with van der Waals surface area (Å²) in [5.41, 5.74) is 4.75. The maximum absolute atomic E-state index is 12.4. The number of nitrogens with zero attached hydrogens (tertiary/aromatic N) is 2. The molecule has 1 atom stereocenters. The molecule has 6 heteroatoms. The summed E-state index contributed by atoms with van der Waals surface area (Å²) < 4.78 is 7.05. The van der Waals surface area contributed by atoms with Gasteiger partial charge in [-0.1, -0.05) is 11.6 Å². The smallest absolute Gasteiger partial charge is 0.328 e. The molecule has 1 aliphatic carbocycles. The lowest BCUT2D eigenvalue weighted by Gasteiger charge is -2.31. The molecule has 5 nitrogen and oxygen atoms in total. The minimum Gasteiger partial charge on any atom is -0.459 e. The summed E-state index contributed by atoms with van der Waals surface area (Å²) in [5.74, 6) is -0.209. The van der Waals surface area contributed by atoms with Crippen LogP contribution in [-0.2, 0) is 16.1 Å². The number of rotatable bonds is 4. The molecule has 0 aromatic carbocycles. The van der Waals surface area contributed by atoms with Gasteiger partial charge in [0.1, 0.15) is 11.1 Å². The molecule has 1 aromatic heterocycles. The molecule has 0 amide bonds. The second kappa shape index (κ2) is 4.80. The fraction of sp³-hybridized carbons (Fsp3) is 0.692. The molecule has 1 fully saturated rings. The van der Waals surface area contributed by atoms with Gasteiger partial charge in [0.05, 0.1) is 17.8 Å². The molecule has 0 saturated heterocycles. The fourth-order valence-electron chi connectivity index (χ4n) is 2.02. The first kappa shape index (κ1) is 14.3. The Morgan fingerprint density at radius 3 is 2.63 bits per heavy atom. The number of halogens is 1. The van der Waals surface area contributed by atoms with Crippen LogP contribution in [0.5, 0.6) is 0 Å². The van der Waals surface area contributed by atoms with E-state index in [0.717, 1.165) is 12.8 Å². The van der Waals surface area contributed by atoms with E-state index in [1.807, 2.05) is 20.8 Å². The van der Waals surface area contributed by atoms with Gasteiger partial charge >= 0.3 is 5.97 Å². The topological polar surface area (TPSA) is 70.1 Å². The van der Waals surface area contributed by atoms with Crippen LogP contribution >= 0.6 is 11.6 Å². The highest BCUT2D eigenvalue weighted by Gasteiger charge is 2.50. The van der Waals surface area contributed by atoms with Gasteiger partial charge in [0.2, 0.25) is 0 Å². The summed E-state index contributed by atoms with van der Waals surface area (Å²) in [5, 5.41) is 4.62. The second-order valence-corrected chi connectivity index (χ2v) is 6.61. The average Bonchev–Trinajstić information content (AvgIpc) is 3.02. The van der Waals surface area contributed by atoms with E-state index in [1.54, 1.807) is 10.9 Å². The molecule has 1 unspecified atom stereocenters. The molecule has 2 rings (SSSR count). The largest absolute Gasteiger partial charge is 0.459 e. The zero-order valence-electron chi connectivity index (χ0n) is 11.5. The van der Waals surface area contributed by atoms with Crippen LogP contribution in [0.1, 0.15) is 33.6 Å². The van der Waals surface area contributed by atoms with E-state index >= 15 is 0 Å². The molecule has 0 aliphatic heterocycles. The lowest BCUT2D eigenvalue weighted by atomic mass is 9.94. The van der Waals surface area contributed by atoms with Gasteiger partial charge in [-0.05, 0) is 39.5 Å². The summed E-state index contributed by atoms with van der Waals surface area (Å²) in [6.07, 6.45) is 5.09. The number of esters is 1. The van der Waals surface area contributed by atoms with Crippen LogP contribution in [-0.4, -0.2) is 26.9 Å². The van der Waals surface area contributed by atoms with Crippen molar-refractivity contribution >= 4 is 17.6 Å². The van der Waals surface area contributed by atoms with Crippen molar-refractivity contribution in [1.82, 2.24) is 9.78 Å². The van der Waals surface area contributed by atoms with Gasteiger partial charge in [-0.3, -0.25) is 4.68 Å². The van der Waals surface area contributed by atoms with Gasteiger partial charge < -0.3 is 10.5 Å². The van der Waals surface area contributed by atoms with E-state index in [4.69, 9.17) is 22.1 Å². The molecule has 1 aliphatic rings. The molecule has 0 spiro atoms. The Balaban J connectivity index is 2.15. The van der Waals surface area contributed by atoms with Crippen LogP contribution in [0.15, 0.2) is 12.4 Å². The number of aromatic nitrogens is 2. The van der Waals surface area contributed by atoms with Crippen LogP contribution < -0.4 is 5.73 Å². The number of hydrogen-bond acceptors (Lipinski definition) is 4. The van der Waals surface area contributed by atoms with Crippen molar-refractivity contribution in [1.29, 1.82) is 0 Å². The van der Waals surface area contributed by atoms with E-state index in [-0.39, 0.29) is 11.9 Å². The summed E-state index contributed by atoms with van der Waals surface area (Å²) in [7, 11) is 0. The van der Waals surface area contributed by atoms with E-state index < -0.39 is 11.1 Å². The first-order chi connectivity index (χ1) is 8.71. The fourth-order valence-corrected chi connectivity index (χ4v) is 2.18. The third kappa shape index (κ3) is 3.48. The Hall–Kier alpha value is -1.07. The van der Waals surface area contributed by atoms with Crippen molar-refractivity contribution in [3.8, 4) is 0 Å². The first-order valence-corrected chi connectivity index (χ1v) is 6.79. The SMILES string of the molecule is CC(C)(C)OC(=O)C(N)(Cn1cc(Cl)cn1)C1CC1. The van der Waals surface area contributed by atoms with Crippen LogP contribution in [0.4, 0.5) is 0 Å². The zero-order chi connectivity index (χ0) is 14.3. The van der Waals surface area contributed by atoms with Crippen molar-refractivity contribution in [2.75, 3.05) is 0 Å². The van der Waals surface area contributed by atoms with Crippen LogP contribution in [0.2, 0.25) is 5.02 Å². The van der Waals surface area contributed by atoms with Gasteiger partial charge in [0.25, 0.3) is 0 Å². The molecule has 1 aromatic rings. The third-order valence-corrected chi connectivity index (χ3v) is 3.31. The zero-order valence-corrected chi connectivity index (χ0v) is 12.3. The quantitative estimate of drug-likeness (QED) is 0.859. The first-order valence-electron chi connectivity index (χ1n) is 6.41. The molecule has 106 valence electrons. The standard InChI is InChI=1S/C13H20ClN3O2/c1-12(2,3)19-11(18)13(15,9-4-5-9)8-17-7-10(14)6-16-17/h6-7,9H,4-5,8,15H2,1-3H3. The molecule has 1 saturated carbocycles. The predicted octanol–water partition coefficient (Wildman–Crippen LogP) is 1.99. The van der Waals surface area contributed by atoms with Crippen LogP contribution in [0, 0.1) is 5.92 Å². The number of nitrogens with two attached hydrogens (primary N) is 1. The van der Waals surface area contributed by atoms with Gasteiger partial charge in [-0.25, -0.2) is 4.79 Å². The highest BCUT2D eigenvalue weighted by molar-refractivity contribution is 6.30. The van der Waals surface area contributed by atoms with Gasteiger partial charge in [-0.2, -0.15) is 5.10 Å². The summed E-state index contributed by atoms with van der Waals surface area (Å²) >= 11 is 5.83. The third-order valence-electron chi connectivity index (χ3n) is 3.11. The summed E-state index contributed by atoms with van der Waals surface area (Å²) in [6.45, 7) is 5.80. The van der Waals surface area contributed by atoms with E-state index in [2.05, 4.69) is 5.10 Å². The van der Waals surface area contributed by atoms with Gasteiger partial charge in [-0.15, -0.1) is 0 Å². The van der Waals surface area contributed by atoms with Gasteiger partial charge in [0.15, 0.2) is 0 Å². The molecular formula is C13H20ClN3O2. The molecular weight excluding hydrogens is 266 g/mol. The Morgan fingerprint density at radius 2 is 2.21 bits per heavy atom. The summed E-state index contributed by atoms with van der Waals surface area (Å²) in [6, 6.07) is 0. The summed E-state index contributed by atoms with van der Waals surface area (Å²) in [4.78, 5) is 12.4. The minimum atomic E-state index is -1.03. The number of carbonyl (C=O) groups is 1. The van der Waals surface area contributed by atoms with Crippen molar-refractivity contribution < 1.29 is 9.53 Å². The normalized spacial score (nSPS) is 19.0. The van der Waals surface area contributed by atoms with E-state index in [9.17, 15) is 4.79 Å². The number of ether oxygens (including phenoxy) is 1. The van der Waals surface area contributed by atoms with Crippen molar-refractivity contribution in [3.05, 3.63) is 17.4 Å². The van der Waals surface area contributed by atoms with Crippen LogP contribution in [0.25, 0.3) is 0 Å². The molecule has 2 N–H and O–H groups in total. The lowest BCUT2D eigenvalue weighted by molar-refractivity contribution is -0.163. The Morgan fingerprint density at radius 1 is 1.58 bits per heavy atom. The number of carbonyl (C=O) groups excluding carboxylic acids is 1. The van der Waals surface area contributed by atoms with Crippen molar-refractivity contribution in [2.24, 2.45) is 11.7 Å². The second-order valence-electron chi connectivity index (χ2n) is 6.17. The average molecular weight is 286 g/mol. The highest BCUT2D eigenvalue weighted by atomic mass is 35.5. The van der Waals surface area contributed by atoms with Crippen molar-refractivity contribution in [2.45, 2.75) is 51.3 Å². The Labute approximate surface area is 118 Å². The lowest BCUT2D eigenvalue weighted by Crippen LogP contribution is -2.56. The van der Waals surface area contributed by atoms with Crippen LogP contribution in [0.3, 0.4) is 0 Å². The van der Waals surface area contributed by atoms with E-state index in [0.29, 0.717) is 11.6 Å². The van der Waals surface area contributed by atoms with Gasteiger partial charge in [0, 0.05) is 6.20 Å². The molecule has 0 radical (unpaired) electrons. The molecule has 0 bridgehead atoms. The number of hydrogen-bond donors (Lipinski definition) is 1. The minimum absolute atomic E-state index is 0.158. The highest BCUT2D eigenvalue weighted by Crippen LogP contribution is 2.40. The molecule has 1 heterocycles. The predicted molar refractivity (Wildman–Crippen MR) is 72.7 cm³/mol.